The Kier molecular flexibility index (Phi) is 16.3. The van der Waals surface area contributed by atoms with Crippen molar-refractivity contribution in [1.82, 2.24) is 5.32 Å². The Labute approximate surface area is 85.3 Å². The molecule has 0 aliphatic heterocycles. The van der Waals surface area contributed by atoms with Crippen molar-refractivity contribution in [2.45, 2.75) is 19.4 Å². The average Bonchev–Trinajstić information content (AvgIpc) is 1.69. The molecule has 0 aromatic carbocycles. The van der Waals surface area contributed by atoms with E-state index in [1.165, 1.54) is 0 Å². The summed E-state index contributed by atoms with van der Waals surface area (Å²) in [6.07, 6.45) is 0.568. The third-order valence-electron chi connectivity index (χ3n) is 1.04. The van der Waals surface area contributed by atoms with Gasteiger partial charge in [0.1, 0.15) is 0 Å². The van der Waals surface area contributed by atoms with E-state index >= 15 is 0 Å². The van der Waals surface area contributed by atoms with Gasteiger partial charge in [-0.1, -0.05) is 6.92 Å². The number of carboxylic acids is 1. The molecular formula is C5H10Li2NO2+. The molecule has 1 atom stereocenters. The van der Waals surface area contributed by atoms with Crippen LogP contribution in [0.4, 0.5) is 0 Å². The van der Waals surface area contributed by atoms with Gasteiger partial charge in [0.2, 0.25) is 0 Å². The summed E-state index contributed by atoms with van der Waals surface area (Å²) in [5.41, 5.74) is 0. The SMILES string of the molecule is CCC(NC)C(=O)[O-].[Li+].[Li+]. The molecule has 0 bridgehead atoms. The topological polar surface area (TPSA) is 52.2 Å². The normalized spacial score (nSPS) is 10.6. The number of carbonyl (C=O) groups excluding carboxylic acids is 1. The van der Waals surface area contributed by atoms with Crippen molar-refractivity contribution in [3.8, 4) is 0 Å². The fourth-order valence-electron chi connectivity index (χ4n) is 0.489. The molecule has 0 rings (SSSR count). The van der Waals surface area contributed by atoms with Gasteiger partial charge in [-0.2, -0.15) is 0 Å². The molecule has 48 valence electrons. The van der Waals surface area contributed by atoms with Crippen molar-refractivity contribution < 1.29 is 47.6 Å². The van der Waals surface area contributed by atoms with E-state index in [4.69, 9.17) is 0 Å². The fourth-order valence-corrected chi connectivity index (χ4v) is 0.489. The summed E-state index contributed by atoms with van der Waals surface area (Å²) in [6, 6.07) is -0.491. The van der Waals surface area contributed by atoms with Crippen LogP contribution in [0.25, 0.3) is 0 Å². The molecule has 0 radical (unpaired) electrons. The zero-order chi connectivity index (χ0) is 6.57. The molecular weight excluding hydrogens is 120 g/mol. The monoisotopic (exact) mass is 130 g/mol. The minimum atomic E-state index is -1.03. The minimum Gasteiger partial charge on any atom is -0.548 e. The molecule has 0 aliphatic rings. The van der Waals surface area contributed by atoms with Gasteiger partial charge in [0.15, 0.2) is 0 Å². The first-order valence-corrected chi connectivity index (χ1v) is 2.60. The number of hydrogen-bond donors (Lipinski definition) is 1. The molecule has 0 aliphatic carbocycles. The molecule has 5 heteroatoms. The van der Waals surface area contributed by atoms with Crippen LogP contribution < -0.4 is 48.1 Å². The van der Waals surface area contributed by atoms with Gasteiger partial charge in [-0.05, 0) is 13.5 Å². The molecule has 0 saturated carbocycles. The van der Waals surface area contributed by atoms with Crippen LogP contribution >= 0.6 is 0 Å². The van der Waals surface area contributed by atoms with Crippen molar-refractivity contribution in [1.29, 1.82) is 0 Å². The van der Waals surface area contributed by atoms with Gasteiger partial charge >= 0.3 is 37.7 Å². The van der Waals surface area contributed by atoms with Crippen LogP contribution in [-0.4, -0.2) is 19.1 Å². The Balaban J connectivity index is -0.000000245. The Hall–Kier alpha value is 0.625. The molecule has 0 aromatic heterocycles. The number of rotatable bonds is 3. The van der Waals surface area contributed by atoms with Gasteiger partial charge in [-0.15, -0.1) is 0 Å². The second-order valence-corrected chi connectivity index (χ2v) is 1.57. The second-order valence-electron chi connectivity index (χ2n) is 1.57. The van der Waals surface area contributed by atoms with Crippen molar-refractivity contribution in [3.63, 3.8) is 0 Å². The second kappa shape index (κ2) is 9.62. The Morgan fingerprint density at radius 3 is 2.00 bits per heavy atom. The molecule has 0 saturated heterocycles. The predicted octanol–water partition coefficient (Wildman–Crippen LogP) is -7.26. The van der Waals surface area contributed by atoms with Gasteiger partial charge in [0, 0.05) is 6.04 Å². The molecule has 10 heavy (non-hydrogen) atoms. The van der Waals surface area contributed by atoms with Crippen molar-refractivity contribution >= 4 is 5.97 Å². The number of aliphatic carboxylic acids is 1. The van der Waals surface area contributed by atoms with Gasteiger partial charge in [0.25, 0.3) is 0 Å². The first kappa shape index (κ1) is 16.9. The molecule has 0 heterocycles. The van der Waals surface area contributed by atoms with Crippen molar-refractivity contribution in [2.24, 2.45) is 0 Å². The van der Waals surface area contributed by atoms with Crippen LogP contribution in [0.3, 0.4) is 0 Å². The first-order chi connectivity index (χ1) is 3.72. The number of carboxylic acid groups (broad SMARTS) is 1. The smallest absolute Gasteiger partial charge is 0.548 e. The molecule has 1 N–H and O–H groups in total. The molecule has 1 unspecified atom stereocenters. The van der Waals surface area contributed by atoms with Crippen LogP contribution in [0.15, 0.2) is 0 Å². The summed E-state index contributed by atoms with van der Waals surface area (Å²) in [5.74, 6) is -1.03. The van der Waals surface area contributed by atoms with E-state index < -0.39 is 12.0 Å². The Bertz CT molecular complexity index is 85.7. The third kappa shape index (κ3) is 6.74. The van der Waals surface area contributed by atoms with Crippen molar-refractivity contribution in [3.05, 3.63) is 0 Å². The van der Waals surface area contributed by atoms with E-state index in [1.807, 2.05) is 0 Å². The van der Waals surface area contributed by atoms with Crippen molar-refractivity contribution in [2.75, 3.05) is 7.05 Å². The van der Waals surface area contributed by atoms with E-state index in [9.17, 15) is 9.90 Å². The van der Waals surface area contributed by atoms with Gasteiger partial charge < -0.3 is 15.2 Å². The quantitative estimate of drug-likeness (QED) is 0.386. The summed E-state index contributed by atoms with van der Waals surface area (Å²) in [6.45, 7) is 1.79. The molecule has 0 fully saturated rings. The number of nitrogens with one attached hydrogen (secondary N) is 1. The largest absolute Gasteiger partial charge is 1.00 e. The predicted molar refractivity (Wildman–Crippen MR) is 28.1 cm³/mol. The van der Waals surface area contributed by atoms with Gasteiger partial charge in [0.05, 0.1) is 5.97 Å². The first-order valence-electron chi connectivity index (χ1n) is 2.60. The maximum absolute atomic E-state index is 9.99. The van der Waals surface area contributed by atoms with Gasteiger partial charge in [-0.25, -0.2) is 0 Å². The van der Waals surface area contributed by atoms with Crippen LogP contribution in [0.1, 0.15) is 13.3 Å². The van der Waals surface area contributed by atoms with E-state index in [2.05, 4.69) is 5.32 Å². The van der Waals surface area contributed by atoms with Crippen LogP contribution in [0.2, 0.25) is 0 Å². The zero-order valence-electron chi connectivity index (χ0n) is 7.10. The standard InChI is InChI=1S/C5H11NO2.2Li/c1-3-4(6-2)5(7)8;;/h4,6H,3H2,1-2H3,(H,7,8);;/q;2*+1/p-1. The fraction of sp³-hybridized carbons (Fsp3) is 0.800. The Morgan fingerprint density at radius 1 is 1.60 bits per heavy atom. The minimum absolute atomic E-state index is 0. The number of likely N-dealkylation sites (N-methyl/N-ethyl adjacent to an activating group) is 1. The summed E-state index contributed by atoms with van der Waals surface area (Å²) in [5, 5.41) is 12.6. The molecule has 0 amide bonds. The van der Waals surface area contributed by atoms with E-state index in [1.54, 1.807) is 14.0 Å². The summed E-state index contributed by atoms with van der Waals surface area (Å²) in [7, 11) is 1.60. The van der Waals surface area contributed by atoms with E-state index in [0.717, 1.165) is 0 Å². The molecule has 3 nitrogen and oxygen atoms in total. The Morgan fingerprint density at radius 2 is 2.00 bits per heavy atom. The summed E-state index contributed by atoms with van der Waals surface area (Å²) in [4.78, 5) is 9.99. The maximum atomic E-state index is 9.99. The summed E-state index contributed by atoms with van der Waals surface area (Å²) >= 11 is 0. The molecule has 0 spiro atoms. The number of carbonyl (C=O) groups is 1. The maximum Gasteiger partial charge on any atom is 1.00 e. The zero-order valence-corrected chi connectivity index (χ0v) is 7.10. The number of hydrogen-bond acceptors (Lipinski definition) is 3. The van der Waals surface area contributed by atoms with Crippen LogP contribution in [0.5, 0.6) is 0 Å². The van der Waals surface area contributed by atoms with Crippen LogP contribution in [-0.2, 0) is 4.79 Å². The van der Waals surface area contributed by atoms with E-state index in [-0.39, 0.29) is 37.7 Å². The van der Waals surface area contributed by atoms with E-state index in [0.29, 0.717) is 6.42 Å². The molecule has 0 aromatic rings. The average molecular weight is 130 g/mol. The summed E-state index contributed by atoms with van der Waals surface area (Å²) < 4.78 is 0. The van der Waals surface area contributed by atoms with Gasteiger partial charge in [-0.3, -0.25) is 0 Å². The third-order valence-corrected chi connectivity index (χ3v) is 1.04. The van der Waals surface area contributed by atoms with Crippen LogP contribution in [0, 0.1) is 0 Å².